The summed E-state index contributed by atoms with van der Waals surface area (Å²) in [5.74, 6) is -0.916. The highest BCUT2D eigenvalue weighted by atomic mass is 19.1. The predicted octanol–water partition coefficient (Wildman–Crippen LogP) is 6.13. The molecule has 4 aromatic rings. The van der Waals surface area contributed by atoms with Crippen LogP contribution in [0.2, 0.25) is 0 Å². The number of rotatable bonds is 6. The molecule has 1 atom stereocenters. The smallest absolute Gasteiger partial charge is 0.307 e. The van der Waals surface area contributed by atoms with Gasteiger partial charge in [-0.05, 0) is 72.8 Å². The first-order valence-corrected chi connectivity index (χ1v) is 11.4. The van der Waals surface area contributed by atoms with E-state index in [1.54, 1.807) is 6.07 Å². The number of piperidine rings is 1. The molecule has 1 aliphatic heterocycles. The van der Waals surface area contributed by atoms with Gasteiger partial charge >= 0.3 is 5.97 Å². The van der Waals surface area contributed by atoms with E-state index >= 15 is 4.39 Å². The van der Waals surface area contributed by atoms with Crippen molar-refractivity contribution in [3.63, 3.8) is 0 Å². The predicted molar refractivity (Wildman–Crippen MR) is 126 cm³/mol. The number of aliphatic carboxylic acids is 1. The topological polar surface area (TPSA) is 53.7 Å². The Hall–Kier alpha value is -3.44. The maximum absolute atomic E-state index is 15.0. The second-order valence-corrected chi connectivity index (χ2v) is 8.87. The molecule has 5 rings (SSSR count). The van der Waals surface area contributed by atoms with Crippen LogP contribution in [0.5, 0.6) is 0 Å². The van der Waals surface area contributed by atoms with E-state index in [9.17, 15) is 9.90 Å². The van der Waals surface area contributed by atoms with Crippen LogP contribution in [0.1, 0.15) is 29.5 Å². The summed E-state index contributed by atoms with van der Waals surface area (Å²) in [6, 6.07) is 23.5. The molecule has 1 N–H and O–H groups in total. The minimum absolute atomic E-state index is 0.331. The minimum atomic E-state index is -0.752. The molecule has 0 amide bonds. The van der Waals surface area contributed by atoms with Crippen LogP contribution in [0.3, 0.4) is 0 Å². The number of furan rings is 1. The number of fused-ring (bicyclic) bond motifs is 1. The van der Waals surface area contributed by atoms with Crippen LogP contribution in [0.15, 0.2) is 77.2 Å². The third-order valence-corrected chi connectivity index (χ3v) is 6.39. The van der Waals surface area contributed by atoms with Gasteiger partial charge in [-0.1, -0.05) is 42.5 Å². The Kier molecular flexibility index (Phi) is 5.97. The van der Waals surface area contributed by atoms with Crippen molar-refractivity contribution in [3.8, 4) is 11.3 Å². The SMILES string of the molecule is O=C(O)[C@@H]1CCCN(Cc2ccc(-c3cc4cc(Cc5ccccc5)ccc4o3)c(F)c2)C1. The van der Waals surface area contributed by atoms with Crippen LogP contribution in [0.25, 0.3) is 22.3 Å². The van der Waals surface area contributed by atoms with Crippen molar-refractivity contribution in [1.82, 2.24) is 4.90 Å². The first-order valence-electron chi connectivity index (χ1n) is 11.4. The third-order valence-electron chi connectivity index (χ3n) is 6.39. The Labute approximate surface area is 192 Å². The molecule has 0 aliphatic carbocycles. The summed E-state index contributed by atoms with van der Waals surface area (Å²) in [4.78, 5) is 13.4. The normalized spacial score (nSPS) is 16.8. The van der Waals surface area contributed by atoms with Crippen molar-refractivity contribution in [2.45, 2.75) is 25.8 Å². The standard InChI is InChI=1S/C28H26FNO3/c29-25-15-21(17-30-12-4-7-22(18-30)28(31)32)8-10-24(25)27-16-23-14-20(9-11-26(23)33-27)13-19-5-2-1-3-6-19/h1-3,5-6,8-11,14-16,22H,4,7,12-13,17-18H2,(H,31,32)/t22-/m1/s1. The van der Waals surface area contributed by atoms with Gasteiger partial charge in [0.2, 0.25) is 0 Å². The number of carbonyl (C=O) groups is 1. The Morgan fingerprint density at radius 2 is 1.82 bits per heavy atom. The highest BCUT2D eigenvalue weighted by Gasteiger charge is 2.25. The van der Waals surface area contributed by atoms with Crippen molar-refractivity contribution in [3.05, 3.63) is 95.3 Å². The molecule has 2 heterocycles. The van der Waals surface area contributed by atoms with Crippen molar-refractivity contribution >= 4 is 16.9 Å². The van der Waals surface area contributed by atoms with E-state index in [2.05, 4.69) is 23.1 Å². The average Bonchev–Trinajstić information content (AvgIpc) is 3.23. The minimum Gasteiger partial charge on any atom is -0.481 e. The average molecular weight is 444 g/mol. The summed E-state index contributed by atoms with van der Waals surface area (Å²) in [5, 5.41) is 10.2. The second kappa shape index (κ2) is 9.20. The zero-order chi connectivity index (χ0) is 22.8. The number of hydrogen-bond donors (Lipinski definition) is 1. The number of likely N-dealkylation sites (tertiary alicyclic amines) is 1. The molecule has 168 valence electrons. The molecule has 0 saturated carbocycles. The fraction of sp³-hybridized carbons (Fsp3) is 0.250. The van der Waals surface area contributed by atoms with Gasteiger partial charge in [0.1, 0.15) is 17.2 Å². The summed E-state index contributed by atoms with van der Waals surface area (Å²) in [7, 11) is 0. The molecular formula is C28H26FNO3. The van der Waals surface area contributed by atoms with E-state index in [4.69, 9.17) is 4.42 Å². The zero-order valence-electron chi connectivity index (χ0n) is 18.3. The van der Waals surface area contributed by atoms with E-state index in [0.29, 0.717) is 30.8 Å². The summed E-state index contributed by atoms with van der Waals surface area (Å²) < 4.78 is 21.0. The molecule has 1 fully saturated rings. The largest absolute Gasteiger partial charge is 0.481 e. The summed E-state index contributed by atoms with van der Waals surface area (Å²) in [5.41, 5.74) is 4.42. The van der Waals surface area contributed by atoms with Crippen LogP contribution < -0.4 is 0 Å². The van der Waals surface area contributed by atoms with E-state index < -0.39 is 5.97 Å². The summed E-state index contributed by atoms with van der Waals surface area (Å²) in [6.45, 7) is 1.89. The van der Waals surface area contributed by atoms with Gasteiger partial charge in [0.15, 0.2) is 0 Å². The van der Waals surface area contributed by atoms with Crippen LogP contribution in [0, 0.1) is 11.7 Å². The van der Waals surface area contributed by atoms with E-state index in [1.807, 2.05) is 42.5 Å². The maximum Gasteiger partial charge on any atom is 0.307 e. The lowest BCUT2D eigenvalue weighted by Gasteiger charge is -2.30. The summed E-state index contributed by atoms with van der Waals surface area (Å²) >= 11 is 0. The monoisotopic (exact) mass is 443 g/mol. The first kappa shape index (κ1) is 21.4. The van der Waals surface area contributed by atoms with Crippen molar-refractivity contribution in [2.24, 2.45) is 5.92 Å². The van der Waals surface area contributed by atoms with Crippen molar-refractivity contribution in [1.29, 1.82) is 0 Å². The Morgan fingerprint density at radius 1 is 1.00 bits per heavy atom. The number of halogens is 1. The lowest BCUT2D eigenvalue weighted by atomic mass is 9.97. The molecule has 4 nitrogen and oxygen atoms in total. The van der Waals surface area contributed by atoms with E-state index in [0.717, 1.165) is 35.9 Å². The lowest BCUT2D eigenvalue weighted by Crippen LogP contribution is -2.38. The third kappa shape index (κ3) is 4.83. The maximum atomic E-state index is 15.0. The number of carboxylic acids is 1. The fourth-order valence-electron chi connectivity index (χ4n) is 4.68. The Bertz CT molecular complexity index is 1280. The fourth-order valence-corrected chi connectivity index (χ4v) is 4.68. The summed E-state index contributed by atoms with van der Waals surface area (Å²) in [6.07, 6.45) is 2.39. The van der Waals surface area contributed by atoms with Gasteiger partial charge in [0.25, 0.3) is 0 Å². The molecule has 3 aromatic carbocycles. The van der Waals surface area contributed by atoms with Gasteiger partial charge < -0.3 is 9.52 Å². The van der Waals surface area contributed by atoms with Gasteiger partial charge in [-0.25, -0.2) is 4.39 Å². The lowest BCUT2D eigenvalue weighted by molar-refractivity contribution is -0.143. The Balaban J connectivity index is 1.33. The molecule has 33 heavy (non-hydrogen) atoms. The molecule has 0 bridgehead atoms. The Morgan fingerprint density at radius 3 is 2.61 bits per heavy atom. The van der Waals surface area contributed by atoms with E-state index in [1.165, 1.54) is 17.2 Å². The molecule has 0 spiro atoms. The van der Waals surface area contributed by atoms with Gasteiger partial charge in [-0.2, -0.15) is 0 Å². The van der Waals surface area contributed by atoms with E-state index in [-0.39, 0.29) is 11.7 Å². The van der Waals surface area contributed by atoms with Gasteiger partial charge in [-0.3, -0.25) is 9.69 Å². The highest BCUT2D eigenvalue weighted by molar-refractivity contribution is 5.83. The van der Waals surface area contributed by atoms with Crippen molar-refractivity contribution < 1.29 is 18.7 Å². The second-order valence-electron chi connectivity index (χ2n) is 8.87. The molecule has 1 saturated heterocycles. The molecule has 1 aromatic heterocycles. The number of hydrogen-bond acceptors (Lipinski definition) is 3. The number of benzene rings is 3. The number of carboxylic acid groups (broad SMARTS) is 1. The van der Waals surface area contributed by atoms with Crippen LogP contribution in [-0.2, 0) is 17.8 Å². The zero-order valence-corrected chi connectivity index (χ0v) is 18.3. The van der Waals surface area contributed by atoms with Gasteiger partial charge in [-0.15, -0.1) is 0 Å². The quantitative estimate of drug-likeness (QED) is 0.390. The molecular weight excluding hydrogens is 417 g/mol. The van der Waals surface area contributed by atoms with Crippen molar-refractivity contribution in [2.75, 3.05) is 13.1 Å². The molecule has 1 aliphatic rings. The van der Waals surface area contributed by atoms with Crippen LogP contribution in [0.4, 0.5) is 4.39 Å². The van der Waals surface area contributed by atoms with Crippen LogP contribution >= 0.6 is 0 Å². The van der Waals surface area contributed by atoms with Crippen LogP contribution in [-0.4, -0.2) is 29.1 Å². The molecule has 0 radical (unpaired) electrons. The molecule has 5 heteroatoms. The number of nitrogens with zero attached hydrogens (tertiary/aromatic N) is 1. The first-order chi connectivity index (χ1) is 16.0. The highest BCUT2D eigenvalue weighted by Crippen LogP contribution is 2.31. The van der Waals surface area contributed by atoms with Gasteiger partial charge in [0, 0.05) is 18.5 Å². The molecule has 0 unspecified atom stereocenters. The van der Waals surface area contributed by atoms with Gasteiger partial charge in [0.05, 0.1) is 11.5 Å².